The number of ketones is 1. The fourth-order valence-corrected chi connectivity index (χ4v) is 1.10. The van der Waals surface area contributed by atoms with E-state index in [-0.39, 0.29) is 5.41 Å². The third-order valence-corrected chi connectivity index (χ3v) is 2.62. The van der Waals surface area contributed by atoms with Gasteiger partial charge in [-0.15, -0.1) is 11.6 Å². The minimum absolute atomic E-state index is 0.289. The van der Waals surface area contributed by atoms with Gasteiger partial charge in [0, 0.05) is 17.2 Å². The molecule has 0 N–H and O–H groups in total. The molecule has 0 amide bonds. The van der Waals surface area contributed by atoms with Gasteiger partial charge in [0.15, 0.2) is 0 Å². The lowest BCUT2D eigenvalue weighted by molar-refractivity contribution is -0.127. The monoisotopic (exact) mass is 160 g/mol. The maximum atomic E-state index is 11.4. The molecule has 0 aromatic heterocycles. The summed E-state index contributed by atoms with van der Waals surface area (Å²) in [5, 5.41) is 0. The zero-order valence-corrected chi connectivity index (χ0v) is 7.24. The number of carbonyl (C=O) groups excluding carboxylic acids is 1. The minimum atomic E-state index is -0.289. The highest BCUT2D eigenvalue weighted by atomic mass is 35.5. The number of carbonyl (C=O) groups is 1. The molecule has 1 aliphatic rings. The van der Waals surface area contributed by atoms with Gasteiger partial charge in [0.25, 0.3) is 0 Å². The van der Waals surface area contributed by atoms with E-state index in [1.54, 1.807) is 0 Å². The number of halogens is 1. The highest BCUT2D eigenvalue weighted by Crippen LogP contribution is 2.37. The summed E-state index contributed by atoms with van der Waals surface area (Å²) in [4.78, 5) is 11.4. The molecule has 0 radical (unpaired) electrons. The van der Waals surface area contributed by atoms with Gasteiger partial charge in [-0.3, -0.25) is 4.79 Å². The van der Waals surface area contributed by atoms with E-state index in [0.29, 0.717) is 17.6 Å². The normalized spacial score (nSPS) is 19.1. The standard InChI is InChI=1S/C8H13ClO/c1-8(2,5-9)7(10)6-3-4-6/h6H,3-5H2,1-2H3. The number of hydrogen-bond acceptors (Lipinski definition) is 1. The number of hydrogen-bond donors (Lipinski definition) is 0. The average molecular weight is 161 g/mol. The molecule has 1 fully saturated rings. The first-order valence-electron chi connectivity index (χ1n) is 3.68. The highest BCUT2D eigenvalue weighted by molar-refractivity contribution is 6.20. The molecule has 0 heterocycles. The van der Waals surface area contributed by atoms with Crippen molar-refractivity contribution in [2.24, 2.45) is 11.3 Å². The lowest BCUT2D eigenvalue weighted by atomic mass is 9.88. The van der Waals surface area contributed by atoms with Gasteiger partial charge in [0.05, 0.1) is 0 Å². The van der Waals surface area contributed by atoms with E-state index >= 15 is 0 Å². The van der Waals surface area contributed by atoms with Gasteiger partial charge < -0.3 is 0 Å². The summed E-state index contributed by atoms with van der Waals surface area (Å²) < 4.78 is 0. The molecule has 0 unspecified atom stereocenters. The Morgan fingerprint density at radius 2 is 2.10 bits per heavy atom. The maximum Gasteiger partial charge on any atom is 0.142 e. The smallest absolute Gasteiger partial charge is 0.142 e. The molecule has 1 saturated carbocycles. The summed E-state index contributed by atoms with van der Waals surface area (Å²) in [6.07, 6.45) is 2.16. The average Bonchev–Trinajstić information content (AvgIpc) is 2.68. The zero-order valence-electron chi connectivity index (χ0n) is 6.48. The molecular formula is C8H13ClO. The van der Waals surface area contributed by atoms with Gasteiger partial charge in [-0.1, -0.05) is 13.8 Å². The Bertz CT molecular complexity index is 147. The van der Waals surface area contributed by atoms with Crippen LogP contribution in [0.2, 0.25) is 0 Å². The Balaban J connectivity index is 2.52. The van der Waals surface area contributed by atoms with Gasteiger partial charge in [0.1, 0.15) is 5.78 Å². The van der Waals surface area contributed by atoms with Gasteiger partial charge in [0.2, 0.25) is 0 Å². The van der Waals surface area contributed by atoms with E-state index in [1.165, 1.54) is 0 Å². The number of rotatable bonds is 3. The van der Waals surface area contributed by atoms with Crippen LogP contribution in [0.4, 0.5) is 0 Å². The Morgan fingerprint density at radius 3 is 2.40 bits per heavy atom. The van der Waals surface area contributed by atoms with Crippen LogP contribution in [0, 0.1) is 11.3 Å². The molecule has 0 spiro atoms. The van der Waals surface area contributed by atoms with Crippen molar-refractivity contribution in [3.8, 4) is 0 Å². The molecule has 58 valence electrons. The fraction of sp³-hybridized carbons (Fsp3) is 0.875. The van der Waals surface area contributed by atoms with E-state index in [0.717, 1.165) is 12.8 Å². The first kappa shape index (κ1) is 8.06. The summed E-state index contributed by atoms with van der Waals surface area (Å²) in [6.45, 7) is 3.83. The topological polar surface area (TPSA) is 17.1 Å². The van der Waals surface area contributed by atoms with Crippen molar-refractivity contribution in [2.75, 3.05) is 5.88 Å². The molecule has 1 nitrogen and oxygen atoms in total. The molecule has 10 heavy (non-hydrogen) atoms. The van der Waals surface area contributed by atoms with Crippen molar-refractivity contribution in [1.82, 2.24) is 0 Å². The minimum Gasteiger partial charge on any atom is -0.299 e. The third kappa shape index (κ3) is 1.51. The van der Waals surface area contributed by atoms with E-state index in [9.17, 15) is 4.79 Å². The molecule has 0 bridgehead atoms. The van der Waals surface area contributed by atoms with Crippen molar-refractivity contribution < 1.29 is 4.79 Å². The van der Waals surface area contributed by atoms with Crippen LogP contribution in [-0.4, -0.2) is 11.7 Å². The van der Waals surface area contributed by atoms with Gasteiger partial charge in [-0.25, -0.2) is 0 Å². The van der Waals surface area contributed by atoms with Gasteiger partial charge >= 0.3 is 0 Å². The van der Waals surface area contributed by atoms with Crippen LogP contribution in [0.15, 0.2) is 0 Å². The lowest BCUT2D eigenvalue weighted by Crippen LogP contribution is -2.27. The summed E-state index contributed by atoms with van der Waals surface area (Å²) in [5.41, 5.74) is -0.289. The Labute approximate surface area is 66.8 Å². The lowest BCUT2D eigenvalue weighted by Gasteiger charge is -2.18. The largest absolute Gasteiger partial charge is 0.299 e. The van der Waals surface area contributed by atoms with Gasteiger partial charge in [-0.05, 0) is 12.8 Å². The van der Waals surface area contributed by atoms with Crippen LogP contribution < -0.4 is 0 Å². The van der Waals surface area contributed by atoms with E-state index in [2.05, 4.69) is 0 Å². The van der Waals surface area contributed by atoms with Crippen molar-refractivity contribution in [2.45, 2.75) is 26.7 Å². The van der Waals surface area contributed by atoms with Crippen LogP contribution in [0.1, 0.15) is 26.7 Å². The Morgan fingerprint density at radius 1 is 1.60 bits per heavy atom. The van der Waals surface area contributed by atoms with E-state index in [1.807, 2.05) is 13.8 Å². The predicted molar refractivity (Wildman–Crippen MR) is 42.2 cm³/mol. The SMILES string of the molecule is CC(C)(CCl)C(=O)C1CC1. The summed E-state index contributed by atoms with van der Waals surface area (Å²) in [6, 6.07) is 0. The summed E-state index contributed by atoms with van der Waals surface area (Å²) >= 11 is 5.64. The van der Waals surface area contributed by atoms with E-state index in [4.69, 9.17) is 11.6 Å². The van der Waals surface area contributed by atoms with E-state index < -0.39 is 0 Å². The van der Waals surface area contributed by atoms with Crippen molar-refractivity contribution >= 4 is 17.4 Å². The molecule has 0 aromatic rings. The second kappa shape index (κ2) is 2.54. The van der Waals surface area contributed by atoms with Crippen LogP contribution in [0.25, 0.3) is 0 Å². The molecule has 0 aliphatic heterocycles. The van der Waals surface area contributed by atoms with Crippen molar-refractivity contribution in [1.29, 1.82) is 0 Å². The van der Waals surface area contributed by atoms with Crippen LogP contribution >= 0.6 is 11.6 Å². The number of alkyl halides is 1. The van der Waals surface area contributed by atoms with Crippen molar-refractivity contribution in [3.05, 3.63) is 0 Å². The van der Waals surface area contributed by atoms with Crippen molar-refractivity contribution in [3.63, 3.8) is 0 Å². The number of Topliss-reactive ketones (excluding diaryl/α,β-unsaturated/α-hetero) is 1. The summed E-state index contributed by atoms with van der Waals surface area (Å²) in [7, 11) is 0. The Hall–Kier alpha value is -0.0400. The predicted octanol–water partition coefficient (Wildman–Crippen LogP) is 2.23. The van der Waals surface area contributed by atoms with Crippen LogP contribution in [0.3, 0.4) is 0 Å². The maximum absolute atomic E-state index is 11.4. The Kier molecular flexibility index (Phi) is 2.04. The first-order valence-corrected chi connectivity index (χ1v) is 4.21. The van der Waals surface area contributed by atoms with Crippen LogP contribution in [-0.2, 0) is 4.79 Å². The molecule has 0 atom stereocenters. The molecule has 2 heteroatoms. The highest BCUT2D eigenvalue weighted by Gasteiger charge is 2.38. The molecule has 1 aliphatic carbocycles. The quantitative estimate of drug-likeness (QED) is 0.579. The second-order valence-corrected chi connectivity index (χ2v) is 3.92. The zero-order chi connectivity index (χ0) is 7.78. The molecule has 1 rings (SSSR count). The second-order valence-electron chi connectivity index (χ2n) is 3.66. The van der Waals surface area contributed by atoms with Crippen LogP contribution in [0.5, 0.6) is 0 Å². The third-order valence-electron chi connectivity index (χ3n) is 1.95. The summed E-state index contributed by atoms with van der Waals surface area (Å²) in [5.74, 6) is 1.14. The van der Waals surface area contributed by atoms with Gasteiger partial charge in [-0.2, -0.15) is 0 Å². The molecular weight excluding hydrogens is 148 g/mol. The molecule has 0 aromatic carbocycles. The molecule has 0 saturated heterocycles. The first-order chi connectivity index (χ1) is 4.58. The fourth-order valence-electron chi connectivity index (χ4n) is 0.964.